The van der Waals surface area contributed by atoms with Crippen LogP contribution in [0.5, 0.6) is 0 Å². The Morgan fingerprint density at radius 3 is 2.78 bits per heavy atom. The molecule has 2 aromatic rings. The molecule has 2 unspecified atom stereocenters. The number of hydrogen-bond donors (Lipinski definition) is 1. The second-order valence-corrected chi connectivity index (χ2v) is 5.98. The van der Waals surface area contributed by atoms with Crippen LogP contribution in [-0.2, 0) is 6.42 Å². The van der Waals surface area contributed by atoms with Crippen LogP contribution in [0.15, 0.2) is 35.5 Å². The summed E-state index contributed by atoms with van der Waals surface area (Å²) in [6.07, 6.45) is 0.808. The summed E-state index contributed by atoms with van der Waals surface area (Å²) in [5.74, 6) is 0.974. The van der Waals surface area contributed by atoms with Gasteiger partial charge in [0.25, 0.3) is 0 Å². The van der Waals surface area contributed by atoms with Crippen molar-refractivity contribution in [2.75, 3.05) is 5.43 Å². The van der Waals surface area contributed by atoms with E-state index in [2.05, 4.69) is 53.7 Å². The van der Waals surface area contributed by atoms with E-state index in [4.69, 9.17) is 0 Å². The molecule has 0 amide bonds. The summed E-state index contributed by atoms with van der Waals surface area (Å²) < 4.78 is 2.03. The number of hydrogen-bond acceptors (Lipinski definition) is 4. The quantitative estimate of drug-likeness (QED) is 0.899. The zero-order chi connectivity index (χ0) is 12.5. The van der Waals surface area contributed by atoms with E-state index in [1.54, 1.807) is 11.8 Å². The van der Waals surface area contributed by atoms with E-state index in [9.17, 15) is 0 Å². The summed E-state index contributed by atoms with van der Waals surface area (Å²) in [5.41, 5.74) is 4.70. The van der Waals surface area contributed by atoms with E-state index in [1.807, 2.05) is 10.7 Å². The van der Waals surface area contributed by atoms with Gasteiger partial charge in [0.2, 0.25) is 5.16 Å². The van der Waals surface area contributed by atoms with Crippen molar-refractivity contribution in [3.8, 4) is 0 Å². The van der Waals surface area contributed by atoms with Crippen molar-refractivity contribution in [3.05, 3.63) is 41.7 Å². The summed E-state index contributed by atoms with van der Waals surface area (Å²) in [5, 5.41) is 10.0. The molecule has 5 heteroatoms. The number of nitrogens with zero attached hydrogens (tertiary/aromatic N) is 3. The lowest BCUT2D eigenvalue weighted by molar-refractivity contribution is 0.600. The molecule has 2 atom stereocenters. The van der Waals surface area contributed by atoms with Crippen molar-refractivity contribution in [3.63, 3.8) is 0 Å². The fourth-order valence-electron chi connectivity index (χ4n) is 1.98. The molecule has 18 heavy (non-hydrogen) atoms. The molecule has 1 aromatic heterocycles. The standard InChI is InChI=1S/C13H16N4S/c1-9-10(2)18-13-15-14-12(17(13)16-9)8-11-6-4-3-5-7-11/h3-7,9-10,16H,8H2,1-2H3. The Bertz CT molecular complexity index is 537. The third-order valence-electron chi connectivity index (χ3n) is 3.23. The second kappa shape index (κ2) is 4.65. The minimum absolute atomic E-state index is 0.424. The van der Waals surface area contributed by atoms with Crippen LogP contribution in [0.3, 0.4) is 0 Å². The molecule has 94 valence electrons. The Labute approximate surface area is 111 Å². The van der Waals surface area contributed by atoms with Gasteiger partial charge in [-0.25, -0.2) is 4.68 Å². The lowest BCUT2D eigenvalue weighted by Crippen LogP contribution is -2.38. The summed E-state index contributed by atoms with van der Waals surface area (Å²) in [6, 6.07) is 10.8. The van der Waals surface area contributed by atoms with E-state index in [0.29, 0.717) is 11.3 Å². The first-order valence-corrected chi connectivity index (χ1v) is 7.03. The third kappa shape index (κ3) is 2.10. The summed E-state index contributed by atoms with van der Waals surface area (Å²) in [7, 11) is 0. The monoisotopic (exact) mass is 260 g/mol. The summed E-state index contributed by atoms with van der Waals surface area (Å²) in [4.78, 5) is 0. The van der Waals surface area contributed by atoms with Crippen molar-refractivity contribution in [2.45, 2.75) is 36.7 Å². The van der Waals surface area contributed by atoms with Gasteiger partial charge in [-0.1, -0.05) is 49.0 Å². The van der Waals surface area contributed by atoms with Gasteiger partial charge in [-0.2, -0.15) is 0 Å². The van der Waals surface area contributed by atoms with Crippen LogP contribution in [0.1, 0.15) is 25.2 Å². The summed E-state index contributed by atoms with van der Waals surface area (Å²) >= 11 is 1.78. The van der Waals surface area contributed by atoms with Crippen LogP contribution < -0.4 is 5.43 Å². The molecule has 0 saturated carbocycles. The smallest absolute Gasteiger partial charge is 0.210 e. The van der Waals surface area contributed by atoms with Gasteiger partial charge in [0.05, 0.1) is 6.04 Å². The highest BCUT2D eigenvalue weighted by molar-refractivity contribution is 7.99. The fraction of sp³-hybridized carbons (Fsp3) is 0.385. The van der Waals surface area contributed by atoms with Crippen LogP contribution >= 0.6 is 11.8 Å². The molecule has 0 aliphatic carbocycles. The number of thioether (sulfide) groups is 1. The van der Waals surface area contributed by atoms with E-state index in [1.165, 1.54) is 5.56 Å². The molecule has 1 aliphatic heterocycles. The Morgan fingerprint density at radius 1 is 1.22 bits per heavy atom. The molecule has 0 fully saturated rings. The van der Waals surface area contributed by atoms with Crippen molar-refractivity contribution < 1.29 is 0 Å². The number of nitrogens with one attached hydrogen (secondary N) is 1. The maximum atomic E-state index is 4.29. The lowest BCUT2D eigenvalue weighted by atomic mass is 10.1. The molecular formula is C13H16N4S. The van der Waals surface area contributed by atoms with Gasteiger partial charge in [-0.05, 0) is 12.5 Å². The first-order chi connectivity index (χ1) is 8.74. The van der Waals surface area contributed by atoms with Crippen LogP contribution in [0.2, 0.25) is 0 Å². The molecular weight excluding hydrogens is 244 g/mol. The molecule has 2 heterocycles. The molecule has 1 N–H and O–H groups in total. The van der Waals surface area contributed by atoms with Crippen molar-refractivity contribution in [1.29, 1.82) is 0 Å². The maximum Gasteiger partial charge on any atom is 0.210 e. The van der Waals surface area contributed by atoms with E-state index < -0.39 is 0 Å². The zero-order valence-electron chi connectivity index (χ0n) is 10.5. The number of rotatable bonds is 2. The minimum Gasteiger partial charge on any atom is -0.318 e. The van der Waals surface area contributed by atoms with Crippen molar-refractivity contribution in [2.24, 2.45) is 0 Å². The largest absolute Gasteiger partial charge is 0.318 e. The van der Waals surface area contributed by atoms with Gasteiger partial charge in [-0.15, -0.1) is 10.2 Å². The molecule has 4 nitrogen and oxygen atoms in total. The van der Waals surface area contributed by atoms with Crippen LogP contribution in [0.25, 0.3) is 0 Å². The van der Waals surface area contributed by atoms with Gasteiger partial charge in [0, 0.05) is 11.7 Å². The molecule has 1 aliphatic rings. The average Bonchev–Trinajstić information content (AvgIpc) is 2.74. The Hall–Kier alpha value is -1.49. The fourth-order valence-corrected chi connectivity index (χ4v) is 2.93. The predicted octanol–water partition coefficient (Wildman–Crippen LogP) is 2.30. The van der Waals surface area contributed by atoms with Crippen LogP contribution in [0, 0.1) is 0 Å². The normalized spacial score (nSPS) is 22.3. The number of benzene rings is 1. The zero-order valence-corrected chi connectivity index (χ0v) is 11.3. The highest BCUT2D eigenvalue weighted by Gasteiger charge is 2.25. The van der Waals surface area contributed by atoms with Gasteiger partial charge in [0.15, 0.2) is 5.82 Å². The third-order valence-corrected chi connectivity index (χ3v) is 4.49. The SMILES string of the molecule is CC1Nn2c(Cc3ccccc3)nnc2SC1C. The molecule has 3 rings (SSSR count). The second-order valence-electron chi connectivity index (χ2n) is 4.64. The Kier molecular flexibility index (Phi) is 2.99. The predicted molar refractivity (Wildman–Crippen MR) is 73.4 cm³/mol. The van der Waals surface area contributed by atoms with Crippen LogP contribution in [0.4, 0.5) is 0 Å². The van der Waals surface area contributed by atoms with Gasteiger partial charge in [-0.3, -0.25) is 0 Å². The first kappa shape index (κ1) is 11.6. The molecule has 0 spiro atoms. The number of aromatic nitrogens is 3. The van der Waals surface area contributed by atoms with Crippen molar-refractivity contribution >= 4 is 11.8 Å². The average molecular weight is 260 g/mol. The van der Waals surface area contributed by atoms with Crippen LogP contribution in [-0.4, -0.2) is 26.2 Å². The minimum atomic E-state index is 0.424. The van der Waals surface area contributed by atoms with Gasteiger partial charge in [0.1, 0.15) is 0 Å². The molecule has 0 saturated heterocycles. The van der Waals surface area contributed by atoms with E-state index >= 15 is 0 Å². The topological polar surface area (TPSA) is 42.7 Å². The highest BCUT2D eigenvalue weighted by Crippen LogP contribution is 2.28. The summed E-state index contributed by atoms with van der Waals surface area (Å²) in [6.45, 7) is 4.39. The van der Waals surface area contributed by atoms with E-state index in [0.717, 1.165) is 17.4 Å². The first-order valence-electron chi connectivity index (χ1n) is 6.15. The molecule has 0 radical (unpaired) electrons. The lowest BCUT2D eigenvalue weighted by Gasteiger charge is -2.28. The number of fused-ring (bicyclic) bond motifs is 1. The Balaban J connectivity index is 1.87. The van der Waals surface area contributed by atoms with E-state index in [-0.39, 0.29) is 0 Å². The molecule has 0 bridgehead atoms. The highest BCUT2D eigenvalue weighted by atomic mass is 32.2. The Morgan fingerprint density at radius 2 is 2.00 bits per heavy atom. The van der Waals surface area contributed by atoms with Gasteiger partial charge >= 0.3 is 0 Å². The maximum absolute atomic E-state index is 4.29. The molecule has 1 aromatic carbocycles. The van der Waals surface area contributed by atoms with Gasteiger partial charge < -0.3 is 5.43 Å². The van der Waals surface area contributed by atoms with Crippen molar-refractivity contribution in [1.82, 2.24) is 14.9 Å².